The first kappa shape index (κ1) is 16.9. The first-order chi connectivity index (χ1) is 11.1. The van der Waals surface area contributed by atoms with Crippen molar-refractivity contribution in [2.75, 3.05) is 19.7 Å². The fourth-order valence-corrected chi connectivity index (χ4v) is 2.24. The first-order valence-electron chi connectivity index (χ1n) is 7.77. The number of benzene rings is 1. The molecule has 6 heteroatoms. The van der Waals surface area contributed by atoms with Crippen LogP contribution in [0.25, 0.3) is 11.0 Å². The standard InChI is InChI=1S/C17H22N2O4/c1-4-8-18-15(20)10-19-17(21)16-11(3)13-9-12(22-5-2)6-7-14(13)23-16/h6-7,9H,4-5,8,10H2,1-3H3,(H,18,20)(H,19,21). The zero-order chi connectivity index (χ0) is 16.8. The summed E-state index contributed by atoms with van der Waals surface area (Å²) in [7, 11) is 0. The Kier molecular flexibility index (Phi) is 5.62. The van der Waals surface area contributed by atoms with Crippen molar-refractivity contribution < 1.29 is 18.7 Å². The van der Waals surface area contributed by atoms with Gasteiger partial charge in [0.05, 0.1) is 13.2 Å². The summed E-state index contributed by atoms with van der Waals surface area (Å²) >= 11 is 0. The second kappa shape index (κ2) is 7.67. The van der Waals surface area contributed by atoms with E-state index >= 15 is 0 Å². The van der Waals surface area contributed by atoms with Gasteiger partial charge in [-0.1, -0.05) is 6.92 Å². The highest BCUT2D eigenvalue weighted by Crippen LogP contribution is 2.28. The van der Waals surface area contributed by atoms with Gasteiger partial charge in [-0.3, -0.25) is 9.59 Å². The molecule has 0 aliphatic rings. The normalized spacial score (nSPS) is 10.6. The summed E-state index contributed by atoms with van der Waals surface area (Å²) in [5.41, 5.74) is 1.35. The molecule has 0 aliphatic carbocycles. The Hall–Kier alpha value is -2.50. The van der Waals surface area contributed by atoms with E-state index in [2.05, 4.69) is 10.6 Å². The van der Waals surface area contributed by atoms with Crippen LogP contribution >= 0.6 is 0 Å². The summed E-state index contributed by atoms with van der Waals surface area (Å²) in [4.78, 5) is 23.7. The second-order valence-electron chi connectivity index (χ2n) is 5.18. The molecule has 0 unspecified atom stereocenters. The SMILES string of the molecule is CCCNC(=O)CNC(=O)c1oc2ccc(OCC)cc2c1C. The maximum absolute atomic E-state index is 12.2. The van der Waals surface area contributed by atoms with Crippen LogP contribution in [0.4, 0.5) is 0 Å². The number of ether oxygens (including phenoxy) is 1. The molecule has 1 heterocycles. The molecule has 0 fully saturated rings. The number of carbonyl (C=O) groups is 2. The number of aryl methyl sites for hydroxylation is 1. The monoisotopic (exact) mass is 318 g/mol. The number of fused-ring (bicyclic) bond motifs is 1. The lowest BCUT2D eigenvalue weighted by Crippen LogP contribution is -2.37. The van der Waals surface area contributed by atoms with Gasteiger partial charge in [-0.15, -0.1) is 0 Å². The van der Waals surface area contributed by atoms with Crippen LogP contribution in [0.5, 0.6) is 5.75 Å². The molecule has 1 aromatic heterocycles. The molecule has 1 aromatic carbocycles. The van der Waals surface area contributed by atoms with Gasteiger partial charge in [-0.25, -0.2) is 0 Å². The topological polar surface area (TPSA) is 80.6 Å². The van der Waals surface area contributed by atoms with E-state index in [0.717, 1.165) is 23.1 Å². The van der Waals surface area contributed by atoms with Crippen LogP contribution in [-0.2, 0) is 4.79 Å². The number of hydrogen-bond acceptors (Lipinski definition) is 4. The van der Waals surface area contributed by atoms with Crippen molar-refractivity contribution in [1.29, 1.82) is 0 Å². The molecule has 2 aromatic rings. The van der Waals surface area contributed by atoms with Crippen LogP contribution in [-0.4, -0.2) is 31.5 Å². The minimum Gasteiger partial charge on any atom is -0.494 e. The van der Waals surface area contributed by atoms with Crippen LogP contribution in [0.1, 0.15) is 36.4 Å². The van der Waals surface area contributed by atoms with Crippen molar-refractivity contribution in [3.63, 3.8) is 0 Å². The molecule has 0 radical (unpaired) electrons. The van der Waals surface area contributed by atoms with Crippen LogP contribution < -0.4 is 15.4 Å². The summed E-state index contributed by atoms with van der Waals surface area (Å²) in [6.45, 7) is 6.79. The van der Waals surface area contributed by atoms with Gasteiger partial charge in [0.25, 0.3) is 5.91 Å². The van der Waals surface area contributed by atoms with Gasteiger partial charge < -0.3 is 19.8 Å². The lowest BCUT2D eigenvalue weighted by atomic mass is 10.1. The number of furan rings is 1. The maximum atomic E-state index is 12.2. The lowest BCUT2D eigenvalue weighted by Gasteiger charge is -2.04. The van der Waals surface area contributed by atoms with Gasteiger partial charge in [0.15, 0.2) is 5.76 Å². The van der Waals surface area contributed by atoms with E-state index in [0.29, 0.717) is 18.7 Å². The van der Waals surface area contributed by atoms with Crippen LogP contribution in [0, 0.1) is 6.92 Å². The van der Waals surface area contributed by atoms with Crippen LogP contribution in [0.15, 0.2) is 22.6 Å². The summed E-state index contributed by atoms with van der Waals surface area (Å²) < 4.78 is 11.1. The summed E-state index contributed by atoms with van der Waals surface area (Å²) in [5.74, 6) is 0.336. The third-order valence-electron chi connectivity index (χ3n) is 3.41. The molecular formula is C17H22N2O4. The molecule has 2 amide bonds. The van der Waals surface area contributed by atoms with Crippen molar-refractivity contribution in [3.8, 4) is 5.75 Å². The molecule has 6 nitrogen and oxygen atoms in total. The Morgan fingerprint density at radius 2 is 2.00 bits per heavy atom. The summed E-state index contributed by atoms with van der Waals surface area (Å²) in [6.07, 6.45) is 0.852. The molecule has 2 N–H and O–H groups in total. The second-order valence-corrected chi connectivity index (χ2v) is 5.18. The Labute approximate surface area is 135 Å². The van der Waals surface area contributed by atoms with Crippen molar-refractivity contribution in [1.82, 2.24) is 10.6 Å². The average Bonchev–Trinajstić information content (AvgIpc) is 2.88. The number of rotatable bonds is 7. The van der Waals surface area contributed by atoms with Crippen molar-refractivity contribution in [3.05, 3.63) is 29.5 Å². The Morgan fingerprint density at radius 1 is 1.22 bits per heavy atom. The quantitative estimate of drug-likeness (QED) is 0.821. The molecule has 0 spiro atoms. The third kappa shape index (κ3) is 4.03. The van der Waals surface area contributed by atoms with Crippen molar-refractivity contribution in [2.45, 2.75) is 27.2 Å². The van der Waals surface area contributed by atoms with E-state index in [9.17, 15) is 9.59 Å². The predicted octanol–water partition coefficient (Wildman–Crippen LogP) is 2.40. The molecule has 23 heavy (non-hydrogen) atoms. The van der Waals surface area contributed by atoms with E-state index in [-0.39, 0.29) is 18.2 Å². The number of amides is 2. The van der Waals surface area contributed by atoms with E-state index in [1.165, 1.54) is 0 Å². The number of carbonyl (C=O) groups excluding carboxylic acids is 2. The zero-order valence-corrected chi connectivity index (χ0v) is 13.7. The molecule has 0 saturated heterocycles. The average molecular weight is 318 g/mol. The highest BCUT2D eigenvalue weighted by molar-refractivity contribution is 6.00. The fraction of sp³-hybridized carbons (Fsp3) is 0.412. The Bertz CT molecular complexity index is 706. The van der Waals surface area contributed by atoms with Gasteiger partial charge in [0.2, 0.25) is 5.91 Å². The molecule has 0 atom stereocenters. The number of nitrogens with one attached hydrogen (secondary N) is 2. The Balaban J connectivity index is 2.11. The molecule has 0 saturated carbocycles. The minimum absolute atomic E-state index is 0.0699. The number of hydrogen-bond donors (Lipinski definition) is 2. The zero-order valence-electron chi connectivity index (χ0n) is 13.7. The van der Waals surface area contributed by atoms with Gasteiger partial charge in [0, 0.05) is 17.5 Å². The van der Waals surface area contributed by atoms with Gasteiger partial charge in [0.1, 0.15) is 11.3 Å². The van der Waals surface area contributed by atoms with E-state index in [4.69, 9.17) is 9.15 Å². The lowest BCUT2D eigenvalue weighted by molar-refractivity contribution is -0.120. The molecule has 2 rings (SSSR count). The smallest absolute Gasteiger partial charge is 0.287 e. The van der Waals surface area contributed by atoms with Gasteiger partial charge in [-0.05, 0) is 38.5 Å². The highest BCUT2D eigenvalue weighted by Gasteiger charge is 2.18. The fourth-order valence-electron chi connectivity index (χ4n) is 2.24. The van der Waals surface area contributed by atoms with Crippen LogP contribution in [0.3, 0.4) is 0 Å². The minimum atomic E-state index is -0.400. The van der Waals surface area contributed by atoms with E-state index < -0.39 is 5.91 Å². The molecule has 0 aliphatic heterocycles. The summed E-state index contributed by atoms with van der Waals surface area (Å²) in [6, 6.07) is 5.43. The maximum Gasteiger partial charge on any atom is 0.287 e. The summed E-state index contributed by atoms with van der Waals surface area (Å²) in [5, 5.41) is 6.10. The van der Waals surface area contributed by atoms with Crippen molar-refractivity contribution >= 4 is 22.8 Å². The molecular weight excluding hydrogens is 296 g/mol. The third-order valence-corrected chi connectivity index (χ3v) is 3.41. The first-order valence-corrected chi connectivity index (χ1v) is 7.77. The Morgan fingerprint density at radius 3 is 2.70 bits per heavy atom. The highest BCUT2D eigenvalue weighted by atomic mass is 16.5. The largest absolute Gasteiger partial charge is 0.494 e. The van der Waals surface area contributed by atoms with Gasteiger partial charge >= 0.3 is 0 Å². The molecule has 0 bridgehead atoms. The van der Waals surface area contributed by atoms with Crippen LogP contribution in [0.2, 0.25) is 0 Å². The predicted molar refractivity (Wildman–Crippen MR) is 87.8 cm³/mol. The van der Waals surface area contributed by atoms with Gasteiger partial charge in [-0.2, -0.15) is 0 Å². The van der Waals surface area contributed by atoms with E-state index in [1.807, 2.05) is 26.8 Å². The molecule has 124 valence electrons. The van der Waals surface area contributed by atoms with Crippen molar-refractivity contribution in [2.24, 2.45) is 0 Å². The van der Waals surface area contributed by atoms with E-state index in [1.54, 1.807) is 12.1 Å².